The highest BCUT2D eigenvalue weighted by Gasteiger charge is 2.36. The standard InChI is InChI=1S/C13H13F3N4O3/c1-19(2)6-5-9(7-11(21)13(14,15)16)18-12-4-3-10(8-17-12)20(22)23/h3-8H,1-2H3,(H,17,18)/b6-5+,9-7-. The van der Waals surface area contributed by atoms with Crippen LogP contribution in [-0.4, -0.2) is 40.9 Å². The minimum absolute atomic E-state index is 0.0558. The fourth-order valence-corrected chi connectivity index (χ4v) is 1.29. The topological polar surface area (TPSA) is 88.4 Å². The maximum absolute atomic E-state index is 12.3. The Bertz CT molecular complexity index is 637. The first-order valence-corrected chi connectivity index (χ1v) is 6.14. The first-order valence-electron chi connectivity index (χ1n) is 6.14. The number of alkyl halides is 3. The second-order valence-corrected chi connectivity index (χ2v) is 4.52. The van der Waals surface area contributed by atoms with Crippen LogP contribution in [0.1, 0.15) is 0 Å². The van der Waals surface area contributed by atoms with Gasteiger partial charge in [0.05, 0.1) is 4.92 Å². The van der Waals surface area contributed by atoms with Gasteiger partial charge in [-0.25, -0.2) is 4.98 Å². The lowest BCUT2D eigenvalue weighted by molar-refractivity contribution is -0.385. The third-order valence-electron chi connectivity index (χ3n) is 2.35. The molecule has 0 atom stereocenters. The SMILES string of the molecule is CN(C)/C=C/C(=C/C(=O)C(F)(F)F)Nc1ccc([N+](=O)[O-])cn1. The predicted molar refractivity (Wildman–Crippen MR) is 76.5 cm³/mol. The van der Waals surface area contributed by atoms with Crippen molar-refractivity contribution in [2.24, 2.45) is 0 Å². The summed E-state index contributed by atoms with van der Waals surface area (Å²) >= 11 is 0. The van der Waals surface area contributed by atoms with Crippen LogP contribution in [0.3, 0.4) is 0 Å². The Morgan fingerprint density at radius 3 is 2.48 bits per heavy atom. The van der Waals surface area contributed by atoms with E-state index in [2.05, 4.69) is 10.3 Å². The molecule has 1 aromatic heterocycles. The summed E-state index contributed by atoms with van der Waals surface area (Å²) in [7, 11) is 3.29. The van der Waals surface area contributed by atoms with Gasteiger partial charge in [0.1, 0.15) is 12.0 Å². The van der Waals surface area contributed by atoms with Gasteiger partial charge in [0.15, 0.2) is 0 Å². The average Bonchev–Trinajstić information content (AvgIpc) is 2.44. The fraction of sp³-hybridized carbons (Fsp3) is 0.231. The molecular weight excluding hydrogens is 317 g/mol. The molecule has 0 saturated carbocycles. The van der Waals surface area contributed by atoms with Gasteiger partial charge in [0.2, 0.25) is 0 Å². The zero-order valence-corrected chi connectivity index (χ0v) is 12.2. The minimum Gasteiger partial charge on any atom is -0.383 e. The van der Waals surface area contributed by atoms with E-state index in [1.165, 1.54) is 18.3 Å². The van der Waals surface area contributed by atoms with Crippen LogP contribution in [-0.2, 0) is 4.79 Å². The Hall–Kier alpha value is -2.91. The van der Waals surface area contributed by atoms with E-state index >= 15 is 0 Å². The molecule has 1 aromatic rings. The highest BCUT2D eigenvalue weighted by Crippen LogP contribution is 2.19. The number of halogens is 3. The fourth-order valence-electron chi connectivity index (χ4n) is 1.29. The molecule has 0 amide bonds. The zero-order chi connectivity index (χ0) is 17.6. The van der Waals surface area contributed by atoms with Gasteiger partial charge in [0.25, 0.3) is 11.5 Å². The van der Waals surface area contributed by atoms with Gasteiger partial charge >= 0.3 is 6.18 Å². The van der Waals surface area contributed by atoms with Gasteiger partial charge in [-0.15, -0.1) is 0 Å². The molecule has 0 aliphatic heterocycles. The van der Waals surface area contributed by atoms with Gasteiger partial charge < -0.3 is 10.2 Å². The number of aromatic nitrogens is 1. The number of allylic oxidation sites excluding steroid dienone is 2. The monoisotopic (exact) mass is 330 g/mol. The van der Waals surface area contributed by atoms with Crippen molar-refractivity contribution >= 4 is 17.3 Å². The average molecular weight is 330 g/mol. The molecule has 0 radical (unpaired) electrons. The Morgan fingerprint density at radius 2 is 2.04 bits per heavy atom. The summed E-state index contributed by atoms with van der Waals surface area (Å²) in [6.07, 6.45) is -1.01. The minimum atomic E-state index is -5.00. The molecule has 0 fully saturated rings. The normalized spacial score (nSPS) is 12.3. The molecule has 10 heteroatoms. The number of hydrogen-bond donors (Lipinski definition) is 1. The van der Waals surface area contributed by atoms with Crippen LogP contribution in [0.4, 0.5) is 24.7 Å². The molecule has 23 heavy (non-hydrogen) atoms. The molecule has 0 aliphatic rings. The van der Waals surface area contributed by atoms with Crippen molar-refractivity contribution in [1.29, 1.82) is 0 Å². The smallest absolute Gasteiger partial charge is 0.383 e. The molecule has 124 valence electrons. The predicted octanol–water partition coefficient (Wildman–Crippen LogP) is 2.49. The number of nitrogens with one attached hydrogen (secondary N) is 1. The van der Waals surface area contributed by atoms with Gasteiger partial charge in [0, 0.05) is 38.1 Å². The molecular formula is C13H13F3N4O3. The van der Waals surface area contributed by atoms with Crippen LogP contribution in [0.15, 0.2) is 42.4 Å². The summed E-state index contributed by atoms with van der Waals surface area (Å²) in [6, 6.07) is 2.35. The maximum Gasteiger partial charge on any atom is 0.454 e. The lowest BCUT2D eigenvalue weighted by Crippen LogP contribution is -2.21. The molecule has 0 unspecified atom stereocenters. The van der Waals surface area contributed by atoms with Crippen molar-refractivity contribution in [1.82, 2.24) is 9.88 Å². The summed E-state index contributed by atoms with van der Waals surface area (Å²) < 4.78 is 37.0. The van der Waals surface area contributed by atoms with E-state index in [0.717, 1.165) is 12.3 Å². The largest absolute Gasteiger partial charge is 0.454 e. The molecule has 1 N–H and O–H groups in total. The third kappa shape index (κ3) is 6.16. The number of anilines is 1. The van der Waals surface area contributed by atoms with Gasteiger partial charge in [-0.05, 0) is 12.1 Å². The molecule has 1 rings (SSSR count). The van der Waals surface area contributed by atoms with E-state index < -0.39 is 16.9 Å². The number of nitrogens with zero attached hydrogens (tertiary/aromatic N) is 3. The van der Waals surface area contributed by atoms with Crippen molar-refractivity contribution < 1.29 is 22.9 Å². The second kappa shape index (κ2) is 7.38. The number of nitro groups is 1. The van der Waals surface area contributed by atoms with Crippen LogP contribution in [0.25, 0.3) is 0 Å². The Labute approximate surface area is 129 Å². The number of hydrogen-bond acceptors (Lipinski definition) is 6. The number of ketones is 1. The highest BCUT2D eigenvalue weighted by atomic mass is 19.4. The summed E-state index contributed by atoms with van der Waals surface area (Å²) in [5, 5.41) is 13.0. The third-order valence-corrected chi connectivity index (χ3v) is 2.35. The van der Waals surface area contributed by atoms with E-state index in [1.54, 1.807) is 19.0 Å². The van der Waals surface area contributed by atoms with Crippen molar-refractivity contribution in [3.63, 3.8) is 0 Å². The van der Waals surface area contributed by atoms with Gasteiger partial charge in [-0.1, -0.05) is 0 Å². The number of rotatable bonds is 6. The quantitative estimate of drug-likeness (QED) is 0.373. The van der Waals surface area contributed by atoms with E-state index in [4.69, 9.17) is 0 Å². The van der Waals surface area contributed by atoms with Gasteiger partial charge in [-0.3, -0.25) is 14.9 Å². The van der Waals surface area contributed by atoms with Crippen LogP contribution in [0.2, 0.25) is 0 Å². The Kier molecular flexibility index (Phi) is 5.82. The van der Waals surface area contributed by atoms with E-state index in [1.807, 2.05) is 0 Å². The zero-order valence-electron chi connectivity index (χ0n) is 12.2. The molecule has 0 aliphatic carbocycles. The molecule has 0 saturated heterocycles. The molecule has 7 nitrogen and oxygen atoms in total. The molecule has 0 bridgehead atoms. The highest BCUT2D eigenvalue weighted by molar-refractivity contribution is 5.95. The van der Waals surface area contributed by atoms with Crippen LogP contribution in [0.5, 0.6) is 0 Å². The number of pyridine rings is 1. The number of carbonyl (C=O) groups excluding carboxylic acids is 1. The Morgan fingerprint density at radius 1 is 1.39 bits per heavy atom. The van der Waals surface area contributed by atoms with Crippen LogP contribution < -0.4 is 5.32 Å². The molecule has 0 spiro atoms. The van der Waals surface area contributed by atoms with Crippen molar-refractivity contribution in [3.05, 3.63) is 52.5 Å². The second-order valence-electron chi connectivity index (χ2n) is 4.52. The summed E-state index contributed by atoms with van der Waals surface area (Å²) in [6.45, 7) is 0. The van der Waals surface area contributed by atoms with E-state index in [0.29, 0.717) is 6.08 Å². The number of carbonyl (C=O) groups is 1. The van der Waals surface area contributed by atoms with Crippen LogP contribution >= 0.6 is 0 Å². The first kappa shape index (κ1) is 18.1. The maximum atomic E-state index is 12.3. The van der Waals surface area contributed by atoms with Crippen molar-refractivity contribution in [2.75, 3.05) is 19.4 Å². The van der Waals surface area contributed by atoms with E-state index in [9.17, 15) is 28.1 Å². The lowest BCUT2D eigenvalue weighted by atomic mass is 10.2. The van der Waals surface area contributed by atoms with Crippen molar-refractivity contribution in [2.45, 2.75) is 6.18 Å². The Balaban J connectivity index is 3.03. The first-order chi connectivity index (χ1) is 10.6. The van der Waals surface area contributed by atoms with Crippen LogP contribution in [0, 0.1) is 10.1 Å². The summed E-state index contributed by atoms with van der Waals surface area (Å²) in [5.74, 6) is -1.98. The molecule has 0 aromatic carbocycles. The molecule has 1 heterocycles. The lowest BCUT2D eigenvalue weighted by Gasteiger charge is -2.09. The summed E-state index contributed by atoms with van der Waals surface area (Å²) in [4.78, 5) is 26.2. The van der Waals surface area contributed by atoms with Gasteiger partial charge in [-0.2, -0.15) is 13.2 Å². The summed E-state index contributed by atoms with van der Waals surface area (Å²) in [5.41, 5.74) is -0.432. The van der Waals surface area contributed by atoms with Crippen molar-refractivity contribution in [3.8, 4) is 0 Å². The van der Waals surface area contributed by atoms with E-state index in [-0.39, 0.29) is 17.2 Å².